The Bertz CT molecular complexity index is 1240. The monoisotopic (exact) mass is 901 g/mol. The van der Waals surface area contributed by atoms with E-state index in [1.165, 1.54) is 83.5 Å². The van der Waals surface area contributed by atoms with Crippen LogP contribution >= 0.6 is 0 Å². The van der Waals surface area contributed by atoms with E-state index in [1.54, 1.807) is 0 Å². The van der Waals surface area contributed by atoms with Crippen LogP contribution in [0.1, 0.15) is 162 Å². The fraction of sp³-hybridized carbons (Fsp3) is 0.833. The van der Waals surface area contributed by atoms with Gasteiger partial charge in [0.05, 0.1) is 19.8 Å². The number of allylic oxidation sites excluding steroid dienone is 6. The lowest BCUT2D eigenvalue weighted by molar-refractivity contribution is -0.332. The molecule has 0 saturated carbocycles. The van der Waals surface area contributed by atoms with Crippen LogP contribution < -0.4 is 0 Å². The first-order valence-electron chi connectivity index (χ1n) is 24.1. The molecule has 0 aromatic rings. The number of aliphatic hydroxyl groups excluding tert-OH is 7. The van der Waals surface area contributed by atoms with Crippen molar-refractivity contribution in [3.05, 3.63) is 36.5 Å². The van der Waals surface area contributed by atoms with E-state index >= 15 is 0 Å². The van der Waals surface area contributed by atoms with Crippen LogP contribution in [0.15, 0.2) is 36.5 Å². The molecule has 15 heteroatoms. The van der Waals surface area contributed by atoms with Crippen molar-refractivity contribution in [1.82, 2.24) is 0 Å². The number of aliphatic hydroxyl groups is 7. The molecule has 366 valence electrons. The van der Waals surface area contributed by atoms with Crippen LogP contribution in [0.3, 0.4) is 0 Å². The summed E-state index contributed by atoms with van der Waals surface area (Å²) in [7, 11) is 0. The molecule has 0 bridgehead atoms. The van der Waals surface area contributed by atoms with E-state index in [9.17, 15) is 45.3 Å². The third-order valence-electron chi connectivity index (χ3n) is 11.4. The van der Waals surface area contributed by atoms with Crippen LogP contribution in [0.5, 0.6) is 0 Å². The Morgan fingerprint density at radius 3 is 1.56 bits per heavy atom. The zero-order valence-electron chi connectivity index (χ0n) is 38.3. The molecule has 2 aliphatic heterocycles. The minimum absolute atomic E-state index is 0.0563. The van der Waals surface area contributed by atoms with Gasteiger partial charge < -0.3 is 64.2 Å². The second-order valence-corrected chi connectivity index (χ2v) is 16.9. The minimum Gasteiger partial charge on any atom is -0.462 e. The topological polar surface area (TPSA) is 231 Å². The molecule has 11 atom stereocenters. The first-order valence-corrected chi connectivity index (χ1v) is 24.1. The van der Waals surface area contributed by atoms with E-state index in [1.807, 2.05) is 12.2 Å². The van der Waals surface area contributed by atoms with Crippen LogP contribution in [0.4, 0.5) is 0 Å². The highest BCUT2D eigenvalue weighted by atomic mass is 16.7. The third-order valence-corrected chi connectivity index (χ3v) is 11.4. The molecule has 2 rings (SSSR count). The zero-order valence-corrected chi connectivity index (χ0v) is 38.3. The lowest BCUT2D eigenvalue weighted by Gasteiger charge is -2.42. The summed E-state index contributed by atoms with van der Waals surface area (Å²) in [5, 5.41) is 71.9. The second kappa shape index (κ2) is 35.9. The molecule has 0 aliphatic carbocycles. The molecule has 2 fully saturated rings. The number of hydrogen-bond acceptors (Lipinski definition) is 15. The molecule has 0 spiro atoms. The van der Waals surface area contributed by atoms with Crippen molar-refractivity contribution in [1.29, 1.82) is 0 Å². The Hall–Kier alpha value is -2.28. The third kappa shape index (κ3) is 24.7. The molecule has 0 aromatic carbocycles. The molecule has 2 saturated heterocycles. The quantitative estimate of drug-likeness (QED) is 0.0225. The van der Waals surface area contributed by atoms with Gasteiger partial charge in [-0.1, -0.05) is 127 Å². The molecule has 7 N–H and O–H groups in total. The van der Waals surface area contributed by atoms with E-state index in [-0.39, 0.29) is 19.4 Å². The van der Waals surface area contributed by atoms with Crippen molar-refractivity contribution in [3.8, 4) is 0 Å². The van der Waals surface area contributed by atoms with Crippen molar-refractivity contribution in [2.24, 2.45) is 0 Å². The molecule has 2 aliphatic rings. The van der Waals surface area contributed by atoms with Gasteiger partial charge in [-0.05, 0) is 57.8 Å². The van der Waals surface area contributed by atoms with E-state index in [0.717, 1.165) is 38.5 Å². The average molecular weight is 901 g/mol. The van der Waals surface area contributed by atoms with Crippen LogP contribution in [0.25, 0.3) is 0 Å². The summed E-state index contributed by atoms with van der Waals surface area (Å²) in [6, 6.07) is 0. The van der Waals surface area contributed by atoms with Crippen LogP contribution in [-0.2, 0) is 38.0 Å². The summed E-state index contributed by atoms with van der Waals surface area (Å²) in [6.45, 7) is 2.48. The second-order valence-electron chi connectivity index (χ2n) is 16.9. The summed E-state index contributed by atoms with van der Waals surface area (Å²) in [5.74, 6) is -1.02. The number of carbonyl (C=O) groups excluding carboxylic acids is 2. The van der Waals surface area contributed by atoms with Gasteiger partial charge in [0.25, 0.3) is 0 Å². The largest absolute Gasteiger partial charge is 0.462 e. The molecule has 0 radical (unpaired) electrons. The summed E-state index contributed by atoms with van der Waals surface area (Å²) in [5.41, 5.74) is 0. The van der Waals surface area contributed by atoms with Crippen molar-refractivity contribution in [3.63, 3.8) is 0 Å². The van der Waals surface area contributed by atoms with Gasteiger partial charge in [-0.3, -0.25) is 9.59 Å². The molecule has 2 heterocycles. The van der Waals surface area contributed by atoms with E-state index in [0.29, 0.717) is 12.8 Å². The maximum absolute atomic E-state index is 12.9. The molecule has 15 nitrogen and oxygen atoms in total. The predicted molar refractivity (Wildman–Crippen MR) is 238 cm³/mol. The predicted octanol–water partition coefficient (Wildman–Crippen LogP) is 5.76. The summed E-state index contributed by atoms with van der Waals surface area (Å²) < 4.78 is 33.4. The lowest BCUT2D eigenvalue weighted by Crippen LogP contribution is -2.61. The first-order chi connectivity index (χ1) is 30.5. The number of ether oxygens (including phenoxy) is 6. The van der Waals surface area contributed by atoms with Gasteiger partial charge >= 0.3 is 11.9 Å². The van der Waals surface area contributed by atoms with Crippen LogP contribution in [-0.4, -0.2) is 142 Å². The van der Waals surface area contributed by atoms with Crippen molar-refractivity contribution < 1.29 is 73.8 Å². The fourth-order valence-electron chi connectivity index (χ4n) is 7.32. The molecule has 0 aromatic heterocycles. The highest BCUT2D eigenvalue weighted by Crippen LogP contribution is 2.26. The highest BCUT2D eigenvalue weighted by molar-refractivity contribution is 5.70. The van der Waals surface area contributed by atoms with Gasteiger partial charge in [0.1, 0.15) is 55.4 Å². The van der Waals surface area contributed by atoms with Crippen molar-refractivity contribution >= 4 is 11.9 Å². The number of carbonyl (C=O) groups is 2. The number of rotatable bonds is 36. The fourth-order valence-corrected chi connectivity index (χ4v) is 7.32. The van der Waals surface area contributed by atoms with Gasteiger partial charge in [0.15, 0.2) is 18.7 Å². The SMILES string of the molecule is CCCCCCCC/C=C/C/C=C/CCC(=O)OC(COC(=O)CCCCC/C=C/CCCCCCCCC)CO[C@@H]1O[C@H](CO[C@@H]2O[C@H](CO)[C@H](O)C(O)C2O)[C@H](O)C(O)C1O. The van der Waals surface area contributed by atoms with Gasteiger partial charge in [-0.2, -0.15) is 0 Å². The summed E-state index contributed by atoms with van der Waals surface area (Å²) in [4.78, 5) is 25.6. The van der Waals surface area contributed by atoms with E-state index in [4.69, 9.17) is 28.4 Å². The molecule has 0 amide bonds. The average Bonchev–Trinajstić information content (AvgIpc) is 3.28. The van der Waals surface area contributed by atoms with Crippen molar-refractivity contribution in [2.75, 3.05) is 26.4 Å². The van der Waals surface area contributed by atoms with E-state index < -0.39 is 99.3 Å². The normalized spacial score (nSPS) is 27.1. The Morgan fingerprint density at radius 1 is 0.508 bits per heavy atom. The standard InChI is InChI=1S/C48H84O15/c1-3-5-7-9-11-13-15-17-19-20-22-24-26-28-30-39(50)58-33-36(61-40(51)31-29-27-25-23-21-18-16-14-12-10-8-6-4-2)34-59-47-46(57)44(55)42(53)38(63-47)35-60-48-45(56)43(54)41(52)37(32-49)62-48/h18-21,25,27,36-38,41-49,52-57H,3-17,22-24,26,28-35H2,1-2H3/b20-19+,21-18+,27-25+/t36?,37-,38-,41+,42+,43?,44?,45?,46?,47-,48-/m1/s1. The Morgan fingerprint density at radius 2 is 0.984 bits per heavy atom. The van der Waals surface area contributed by atoms with Crippen LogP contribution in [0.2, 0.25) is 0 Å². The number of hydrogen-bond donors (Lipinski definition) is 7. The van der Waals surface area contributed by atoms with Crippen LogP contribution in [0, 0.1) is 0 Å². The first kappa shape index (κ1) is 56.8. The van der Waals surface area contributed by atoms with Gasteiger partial charge in [-0.25, -0.2) is 0 Å². The van der Waals surface area contributed by atoms with Gasteiger partial charge in [0.2, 0.25) is 0 Å². The molecular formula is C48H84O15. The summed E-state index contributed by atoms with van der Waals surface area (Å²) in [6.07, 6.45) is 19.2. The minimum atomic E-state index is -1.77. The molecule has 5 unspecified atom stereocenters. The lowest BCUT2D eigenvalue weighted by atomic mass is 9.98. The Labute approximate surface area is 376 Å². The molecule has 63 heavy (non-hydrogen) atoms. The van der Waals surface area contributed by atoms with Gasteiger partial charge in [0, 0.05) is 12.8 Å². The van der Waals surface area contributed by atoms with Crippen molar-refractivity contribution in [2.45, 2.75) is 229 Å². The smallest absolute Gasteiger partial charge is 0.306 e. The molecular weight excluding hydrogens is 817 g/mol. The highest BCUT2D eigenvalue weighted by Gasteiger charge is 2.47. The maximum atomic E-state index is 12.9. The number of esters is 2. The van der Waals surface area contributed by atoms with E-state index in [2.05, 4.69) is 38.2 Å². The number of unbranched alkanes of at least 4 members (excludes halogenated alkanes) is 16. The zero-order chi connectivity index (χ0) is 46.1. The Kier molecular flexibility index (Phi) is 32.4. The van der Waals surface area contributed by atoms with Gasteiger partial charge in [-0.15, -0.1) is 0 Å². The Balaban J connectivity index is 1.87. The maximum Gasteiger partial charge on any atom is 0.306 e. The summed E-state index contributed by atoms with van der Waals surface area (Å²) >= 11 is 0.